The zero-order valence-corrected chi connectivity index (χ0v) is 14.6. The van der Waals surface area contributed by atoms with Gasteiger partial charge >= 0.3 is 0 Å². The zero-order valence-electron chi connectivity index (χ0n) is 12.5. The molecule has 1 aromatic rings. The fraction of sp³-hybridized carbons (Fsp3) is 0.250. The van der Waals surface area contributed by atoms with Crippen LogP contribution in [-0.2, 0) is 0 Å². The number of benzene rings is 1. The van der Waals surface area contributed by atoms with Gasteiger partial charge in [-0.2, -0.15) is 5.10 Å². The Kier molecular flexibility index (Phi) is 5.78. The molecule has 3 N–H and O–H groups in total. The lowest BCUT2D eigenvalue weighted by Gasteiger charge is -2.20. The van der Waals surface area contributed by atoms with Gasteiger partial charge in [-0.1, -0.05) is 6.08 Å². The number of nitrogens with zero attached hydrogens (tertiary/aromatic N) is 1. The van der Waals surface area contributed by atoms with Gasteiger partial charge in [-0.3, -0.25) is 4.79 Å². The average molecular weight is 428 g/mol. The number of hydrazone groups is 1. The summed E-state index contributed by atoms with van der Waals surface area (Å²) in [7, 11) is 0. The largest absolute Gasteiger partial charge is 0.507 e. The van der Waals surface area contributed by atoms with Crippen molar-refractivity contribution in [2.45, 2.75) is 17.0 Å². The van der Waals surface area contributed by atoms with Crippen LogP contribution in [0.3, 0.4) is 0 Å². The molecule has 7 heteroatoms. The predicted molar refractivity (Wildman–Crippen MR) is 96.0 cm³/mol. The summed E-state index contributed by atoms with van der Waals surface area (Å²) >= 11 is 1.83. The highest BCUT2D eigenvalue weighted by atomic mass is 127. The van der Waals surface area contributed by atoms with E-state index in [0.717, 1.165) is 0 Å². The van der Waals surface area contributed by atoms with E-state index in [9.17, 15) is 15.0 Å². The lowest BCUT2D eigenvalue weighted by molar-refractivity contribution is 0.0955. The zero-order chi connectivity index (χ0) is 16.9. The van der Waals surface area contributed by atoms with Crippen LogP contribution < -0.4 is 10.2 Å². The van der Waals surface area contributed by atoms with E-state index in [4.69, 9.17) is 4.74 Å². The molecule has 0 aromatic heterocycles. The molecular formula is C16H17IN2O4. The second-order valence-corrected chi connectivity index (χ2v) is 6.74. The van der Waals surface area contributed by atoms with Crippen LogP contribution in [0.25, 0.3) is 0 Å². The number of carbonyl (C=O) groups excluding carboxylic acids is 1. The molecule has 1 aliphatic carbocycles. The number of carbonyl (C=O) groups is 1. The van der Waals surface area contributed by atoms with Gasteiger partial charge in [0.2, 0.25) is 0 Å². The maximum atomic E-state index is 11.9. The van der Waals surface area contributed by atoms with Crippen molar-refractivity contribution in [2.75, 3.05) is 6.61 Å². The number of rotatable bonds is 5. The summed E-state index contributed by atoms with van der Waals surface area (Å²) in [6.07, 6.45) is 4.67. The monoisotopic (exact) mass is 428 g/mol. The van der Waals surface area contributed by atoms with Crippen LogP contribution in [0.2, 0.25) is 0 Å². The number of nitrogens with one attached hydrogen (secondary N) is 1. The van der Waals surface area contributed by atoms with Gasteiger partial charge < -0.3 is 14.9 Å². The van der Waals surface area contributed by atoms with Gasteiger partial charge in [0.25, 0.3) is 5.91 Å². The summed E-state index contributed by atoms with van der Waals surface area (Å²) in [5.41, 5.74) is 3.28. The predicted octanol–water partition coefficient (Wildman–Crippen LogP) is 2.70. The Bertz CT molecular complexity index is 663. The molecule has 0 spiro atoms. The van der Waals surface area contributed by atoms with E-state index in [1.54, 1.807) is 30.3 Å². The van der Waals surface area contributed by atoms with Gasteiger partial charge in [-0.25, -0.2) is 5.43 Å². The Morgan fingerprint density at radius 1 is 1.48 bits per heavy atom. The fourth-order valence-electron chi connectivity index (χ4n) is 1.92. The van der Waals surface area contributed by atoms with Crippen molar-refractivity contribution >= 4 is 34.7 Å². The van der Waals surface area contributed by atoms with Gasteiger partial charge in [0, 0.05) is 17.6 Å². The van der Waals surface area contributed by atoms with Crippen molar-refractivity contribution in [2.24, 2.45) is 5.10 Å². The molecular weight excluding hydrogens is 411 g/mol. The second kappa shape index (κ2) is 7.60. The van der Waals surface area contributed by atoms with Crippen LogP contribution >= 0.6 is 22.6 Å². The molecule has 23 heavy (non-hydrogen) atoms. The van der Waals surface area contributed by atoms with Gasteiger partial charge in [0.15, 0.2) is 0 Å². The SMILES string of the molecule is CCOc1ccc(C(=O)N/N=C/C2=CC[C@@](O)(I)C=C2O)cc1. The Labute approximate surface area is 147 Å². The summed E-state index contributed by atoms with van der Waals surface area (Å²) in [5, 5.41) is 23.4. The third-order valence-corrected chi connectivity index (χ3v) is 3.81. The van der Waals surface area contributed by atoms with Gasteiger partial charge in [0.1, 0.15) is 15.1 Å². The lowest BCUT2D eigenvalue weighted by atomic mass is 10.0. The first kappa shape index (κ1) is 17.5. The number of hydrogen-bond acceptors (Lipinski definition) is 5. The molecule has 122 valence electrons. The van der Waals surface area contributed by atoms with Crippen LogP contribution in [0.1, 0.15) is 23.7 Å². The van der Waals surface area contributed by atoms with E-state index in [2.05, 4.69) is 10.5 Å². The minimum absolute atomic E-state index is 0.0767. The quantitative estimate of drug-likeness (QED) is 0.291. The van der Waals surface area contributed by atoms with Crippen molar-refractivity contribution < 1.29 is 19.7 Å². The smallest absolute Gasteiger partial charge is 0.271 e. The number of amides is 1. The topological polar surface area (TPSA) is 91.2 Å². The van der Waals surface area contributed by atoms with Gasteiger partial charge in [-0.15, -0.1) is 0 Å². The Morgan fingerprint density at radius 3 is 2.78 bits per heavy atom. The van der Waals surface area contributed by atoms with Gasteiger partial charge in [-0.05, 0) is 59.9 Å². The van der Waals surface area contributed by atoms with Crippen LogP contribution in [0.15, 0.2) is 52.9 Å². The fourth-order valence-corrected chi connectivity index (χ4v) is 2.44. The maximum absolute atomic E-state index is 11.9. The Hall–Kier alpha value is -1.87. The second-order valence-electron chi connectivity index (χ2n) is 4.87. The summed E-state index contributed by atoms with van der Waals surface area (Å²) in [4.78, 5) is 11.9. The number of hydrogen-bond donors (Lipinski definition) is 3. The molecule has 1 atom stereocenters. The molecule has 6 nitrogen and oxygen atoms in total. The molecule has 0 saturated heterocycles. The number of alkyl halides is 1. The van der Waals surface area contributed by atoms with E-state index in [0.29, 0.717) is 29.9 Å². The first-order chi connectivity index (χ1) is 10.9. The first-order valence-corrected chi connectivity index (χ1v) is 8.09. The summed E-state index contributed by atoms with van der Waals surface area (Å²) in [5.74, 6) is 0.253. The third kappa shape index (κ3) is 5.07. The highest BCUT2D eigenvalue weighted by Crippen LogP contribution is 2.29. The van der Waals surface area contributed by atoms with E-state index in [1.807, 2.05) is 29.5 Å². The molecule has 1 amide bonds. The molecule has 0 bridgehead atoms. The van der Waals surface area contributed by atoms with Crippen LogP contribution in [-0.4, -0.2) is 32.5 Å². The highest BCUT2D eigenvalue weighted by Gasteiger charge is 2.24. The highest BCUT2D eigenvalue weighted by molar-refractivity contribution is 14.1. The number of ether oxygens (including phenoxy) is 1. The van der Waals surface area contributed by atoms with Crippen molar-refractivity contribution in [3.63, 3.8) is 0 Å². The summed E-state index contributed by atoms with van der Waals surface area (Å²) < 4.78 is 4.21. The molecule has 0 aliphatic heterocycles. The number of allylic oxidation sites excluding steroid dienone is 1. The van der Waals surface area contributed by atoms with E-state index in [-0.39, 0.29) is 11.7 Å². The standard InChI is InChI=1S/C16H17IN2O4/c1-2-23-13-5-3-11(4-6-13)15(21)19-18-10-12-7-8-16(17,22)9-14(12)20/h3-7,9-10,20,22H,2,8H2,1H3,(H,19,21)/b18-10+/t16-/m0/s1. The van der Waals surface area contributed by atoms with Crippen molar-refractivity contribution in [3.05, 3.63) is 53.3 Å². The van der Waals surface area contributed by atoms with Crippen molar-refractivity contribution in [1.29, 1.82) is 0 Å². The summed E-state index contributed by atoms with van der Waals surface area (Å²) in [6.45, 7) is 2.45. The first-order valence-electron chi connectivity index (χ1n) is 7.01. The molecule has 2 rings (SSSR count). The number of aliphatic hydroxyl groups excluding tert-OH is 1. The Balaban J connectivity index is 1.94. The van der Waals surface area contributed by atoms with Crippen LogP contribution in [0.5, 0.6) is 5.75 Å². The third-order valence-electron chi connectivity index (χ3n) is 3.06. The van der Waals surface area contributed by atoms with Crippen LogP contribution in [0, 0.1) is 0 Å². The lowest BCUT2D eigenvalue weighted by Crippen LogP contribution is -2.21. The molecule has 0 saturated carbocycles. The van der Waals surface area contributed by atoms with Gasteiger partial charge in [0.05, 0.1) is 12.8 Å². The van der Waals surface area contributed by atoms with E-state index < -0.39 is 3.61 Å². The van der Waals surface area contributed by atoms with E-state index >= 15 is 0 Å². The van der Waals surface area contributed by atoms with Crippen molar-refractivity contribution in [3.8, 4) is 5.75 Å². The van der Waals surface area contributed by atoms with Crippen molar-refractivity contribution in [1.82, 2.24) is 5.43 Å². The molecule has 0 fully saturated rings. The molecule has 0 radical (unpaired) electrons. The minimum atomic E-state index is -1.09. The molecule has 1 aliphatic rings. The Morgan fingerprint density at radius 2 is 2.17 bits per heavy atom. The minimum Gasteiger partial charge on any atom is -0.507 e. The summed E-state index contributed by atoms with van der Waals surface area (Å²) in [6, 6.07) is 6.70. The van der Waals surface area contributed by atoms with Crippen LogP contribution in [0.4, 0.5) is 0 Å². The van der Waals surface area contributed by atoms with E-state index in [1.165, 1.54) is 12.3 Å². The number of halogens is 1. The number of aliphatic hydroxyl groups is 2. The molecule has 0 heterocycles. The molecule has 1 aromatic carbocycles. The molecule has 0 unspecified atom stereocenters. The normalized spacial score (nSPS) is 20.8. The maximum Gasteiger partial charge on any atom is 0.271 e. The average Bonchev–Trinajstić information content (AvgIpc) is 2.50.